The molecule has 3 rings (SSSR count). The molecule has 0 radical (unpaired) electrons. The summed E-state index contributed by atoms with van der Waals surface area (Å²) in [5, 5.41) is 23.3. The van der Waals surface area contributed by atoms with Gasteiger partial charge in [0.15, 0.2) is 23.2 Å². The summed E-state index contributed by atoms with van der Waals surface area (Å²) in [5.41, 5.74) is 6.63. The molecule has 23 heavy (non-hydrogen) atoms. The molecule has 2 aromatic rings. The number of aromatic nitrogens is 4. The lowest BCUT2D eigenvalue weighted by Gasteiger charge is -2.16. The van der Waals surface area contributed by atoms with Gasteiger partial charge in [-0.2, -0.15) is 0 Å². The van der Waals surface area contributed by atoms with E-state index in [2.05, 4.69) is 20.3 Å². The molecule has 1 saturated heterocycles. The van der Waals surface area contributed by atoms with Gasteiger partial charge in [-0.1, -0.05) is 0 Å². The van der Waals surface area contributed by atoms with Crippen molar-refractivity contribution in [3.05, 3.63) is 12.2 Å². The zero-order valence-corrected chi connectivity index (χ0v) is 12.9. The van der Waals surface area contributed by atoms with E-state index in [1.54, 1.807) is 11.6 Å². The molecule has 3 heterocycles. The van der Waals surface area contributed by atoms with Gasteiger partial charge in [0, 0.05) is 14.2 Å². The van der Waals surface area contributed by atoms with Crippen molar-refractivity contribution in [1.29, 1.82) is 0 Å². The molecule has 0 aromatic carbocycles. The third-order valence-electron chi connectivity index (χ3n) is 3.83. The molecule has 10 nitrogen and oxygen atoms in total. The molecule has 0 saturated carbocycles. The molecule has 2 aromatic heterocycles. The molecule has 1 fully saturated rings. The lowest BCUT2D eigenvalue weighted by molar-refractivity contribution is -0.0580. The summed E-state index contributed by atoms with van der Waals surface area (Å²) in [6, 6.07) is 0. The van der Waals surface area contributed by atoms with Gasteiger partial charge in [0.25, 0.3) is 0 Å². The number of nitrogens with zero attached hydrogens (tertiary/aromatic N) is 4. The summed E-state index contributed by atoms with van der Waals surface area (Å²) in [7, 11) is 3.22. The lowest BCUT2D eigenvalue weighted by atomic mass is 10.1. The van der Waals surface area contributed by atoms with Crippen LogP contribution in [0.4, 0.5) is 5.82 Å². The van der Waals surface area contributed by atoms with E-state index in [9.17, 15) is 10.2 Å². The molecule has 0 amide bonds. The highest BCUT2D eigenvalue weighted by atomic mass is 16.6. The summed E-state index contributed by atoms with van der Waals surface area (Å²) in [4.78, 5) is 12.9. The molecule has 0 bridgehead atoms. The van der Waals surface area contributed by atoms with Crippen LogP contribution in [0.2, 0.25) is 0 Å². The third kappa shape index (κ3) is 2.64. The summed E-state index contributed by atoms with van der Waals surface area (Å²) in [6.07, 6.45) is -2.13. The fraction of sp³-hybridized carbons (Fsp3) is 0.615. The fourth-order valence-corrected chi connectivity index (χ4v) is 2.67. The summed E-state index contributed by atoms with van der Waals surface area (Å²) < 4.78 is 12.3. The molecule has 0 aliphatic carbocycles. The van der Waals surface area contributed by atoms with Gasteiger partial charge in [-0.3, -0.25) is 4.57 Å². The van der Waals surface area contributed by atoms with E-state index in [-0.39, 0.29) is 13.2 Å². The maximum atomic E-state index is 10.3. The van der Waals surface area contributed by atoms with Gasteiger partial charge >= 0.3 is 0 Å². The Bertz CT molecular complexity index is 692. The monoisotopic (exact) mass is 324 g/mol. The predicted molar refractivity (Wildman–Crippen MR) is 80.6 cm³/mol. The van der Waals surface area contributed by atoms with E-state index in [1.165, 1.54) is 13.4 Å². The smallest absolute Gasteiger partial charge is 0.168 e. The van der Waals surface area contributed by atoms with Crippen LogP contribution in [0, 0.1) is 0 Å². The SMILES string of the molecule is CNc1nc(CN)nc2c1ncn2[C@@H]1O[C@H](COC)[C@@H](O)[C@H]1O. The van der Waals surface area contributed by atoms with E-state index >= 15 is 0 Å². The second-order valence-corrected chi connectivity index (χ2v) is 5.27. The minimum Gasteiger partial charge on any atom is -0.387 e. The Morgan fingerprint density at radius 3 is 2.83 bits per heavy atom. The van der Waals surface area contributed by atoms with Gasteiger partial charge in [-0.05, 0) is 0 Å². The van der Waals surface area contributed by atoms with Crippen LogP contribution in [0.3, 0.4) is 0 Å². The highest BCUT2D eigenvalue weighted by Gasteiger charge is 2.44. The maximum absolute atomic E-state index is 10.3. The van der Waals surface area contributed by atoms with Gasteiger partial charge in [-0.15, -0.1) is 0 Å². The lowest BCUT2D eigenvalue weighted by Crippen LogP contribution is -2.33. The molecule has 5 N–H and O–H groups in total. The highest BCUT2D eigenvalue weighted by molar-refractivity contribution is 5.83. The largest absolute Gasteiger partial charge is 0.387 e. The maximum Gasteiger partial charge on any atom is 0.168 e. The van der Waals surface area contributed by atoms with Crippen molar-refractivity contribution in [3.8, 4) is 0 Å². The van der Waals surface area contributed by atoms with Crippen molar-refractivity contribution >= 4 is 17.0 Å². The average molecular weight is 324 g/mol. The van der Waals surface area contributed by atoms with E-state index < -0.39 is 24.5 Å². The Labute approximate surface area is 132 Å². The highest BCUT2D eigenvalue weighted by Crippen LogP contribution is 2.32. The molecule has 1 aliphatic rings. The topological polar surface area (TPSA) is 141 Å². The number of methoxy groups -OCH3 is 1. The first-order chi connectivity index (χ1) is 11.1. The normalized spacial score (nSPS) is 27.7. The number of fused-ring (bicyclic) bond motifs is 1. The van der Waals surface area contributed by atoms with Crippen molar-refractivity contribution in [3.63, 3.8) is 0 Å². The number of hydrogen-bond donors (Lipinski definition) is 4. The predicted octanol–water partition coefficient (Wildman–Crippen LogP) is -1.41. The number of nitrogens with one attached hydrogen (secondary N) is 1. The van der Waals surface area contributed by atoms with Gasteiger partial charge in [-0.25, -0.2) is 15.0 Å². The number of ether oxygens (including phenoxy) is 2. The first kappa shape index (κ1) is 16.0. The van der Waals surface area contributed by atoms with Crippen molar-refractivity contribution in [2.45, 2.75) is 31.1 Å². The van der Waals surface area contributed by atoms with Crippen LogP contribution < -0.4 is 11.1 Å². The van der Waals surface area contributed by atoms with Gasteiger partial charge < -0.3 is 30.7 Å². The van der Waals surface area contributed by atoms with Crippen molar-refractivity contribution in [1.82, 2.24) is 19.5 Å². The number of aliphatic hydroxyl groups excluding tert-OH is 2. The van der Waals surface area contributed by atoms with Crippen LogP contribution in [0.25, 0.3) is 11.2 Å². The second kappa shape index (κ2) is 6.34. The van der Waals surface area contributed by atoms with Crippen LogP contribution in [0.1, 0.15) is 12.1 Å². The van der Waals surface area contributed by atoms with E-state index in [1.807, 2.05) is 0 Å². The average Bonchev–Trinajstić information content (AvgIpc) is 3.10. The Morgan fingerprint density at radius 2 is 2.17 bits per heavy atom. The van der Waals surface area contributed by atoms with Crippen LogP contribution in [-0.2, 0) is 16.0 Å². The Morgan fingerprint density at radius 1 is 1.39 bits per heavy atom. The van der Waals surface area contributed by atoms with Gasteiger partial charge in [0.1, 0.15) is 24.1 Å². The van der Waals surface area contributed by atoms with Crippen LogP contribution >= 0.6 is 0 Å². The van der Waals surface area contributed by atoms with Crippen LogP contribution in [-0.4, -0.2) is 68.8 Å². The fourth-order valence-electron chi connectivity index (χ4n) is 2.67. The molecule has 4 atom stereocenters. The van der Waals surface area contributed by atoms with E-state index in [4.69, 9.17) is 15.2 Å². The van der Waals surface area contributed by atoms with Crippen molar-refractivity contribution < 1.29 is 19.7 Å². The van der Waals surface area contributed by atoms with Crippen molar-refractivity contribution in [2.75, 3.05) is 26.1 Å². The number of hydrogen-bond acceptors (Lipinski definition) is 9. The van der Waals surface area contributed by atoms with Crippen LogP contribution in [0.15, 0.2) is 6.33 Å². The minimum atomic E-state index is -1.12. The second-order valence-electron chi connectivity index (χ2n) is 5.27. The summed E-state index contributed by atoms with van der Waals surface area (Å²) in [5.74, 6) is 0.973. The van der Waals surface area contributed by atoms with E-state index in [0.717, 1.165) is 0 Å². The number of aliphatic hydroxyl groups is 2. The first-order valence-electron chi connectivity index (χ1n) is 7.22. The Balaban J connectivity index is 2.03. The van der Waals surface area contributed by atoms with Gasteiger partial charge in [0.05, 0.1) is 19.5 Å². The first-order valence-corrected chi connectivity index (χ1v) is 7.22. The minimum absolute atomic E-state index is 0.165. The molecule has 1 aliphatic heterocycles. The van der Waals surface area contributed by atoms with Crippen LogP contribution in [0.5, 0.6) is 0 Å². The number of nitrogens with two attached hydrogens (primary N) is 1. The van der Waals surface area contributed by atoms with Crippen molar-refractivity contribution in [2.24, 2.45) is 5.73 Å². The molecule has 10 heteroatoms. The zero-order chi connectivity index (χ0) is 16.6. The molecular weight excluding hydrogens is 304 g/mol. The summed E-state index contributed by atoms with van der Waals surface area (Å²) >= 11 is 0. The van der Waals surface area contributed by atoms with Gasteiger partial charge in [0.2, 0.25) is 0 Å². The zero-order valence-electron chi connectivity index (χ0n) is 12.9. The molecule has 0 spiro atoms. The third-order valence-corrected chi connectivity index (χ3v) is 3.83. The Hall–Kier alpha value is -1.85. The quantitative estimate of drug-likeness (QED) is 0.522. The Kier molecular flexibility index (Phi) is 4.41. The molecule has 0 unspecified atom stereocenters. The standard InChI is InChI=1S/C13H20N6O4/c1-15-11-8-12(18-7(3-14)17-11)19(5-16-8)13-10(21)9(20)6(23-13)4-22-2/h5-6,9-10,13,20-21H,3-4,14H2,1-2H3,(H,15,17,18)/t6-,9-,10-,13-/m1/s1. The summed E-state index contributed by atoms with van der Waals surface area (Å²) in [6.45, 7) is 0.338. The molecule has 126 valence electrons. The number of anilines is 1. The molecular formula is C13H20N6O4. The number of imidazole rings is 1. The number of rotatable bonds is 5. The van der Waals surface area contributed by atoms with E-state index in [0.29, 0.717) is 22.8 Å².